The van der Waals surface area contributed by atoms with Crippen LogP contribution in [0.25, 0.3) is 0 Å². The highest BCUT2D eigenvalue weighted by atomic mass is 35.5. The number of oxime groups is 1. The number of benzene rings is 1. The fourth-order valence-electron chi connectivity index (χ4n) is 1.67. The summed E-state index contributed by atoms with van der Waals surface area (Å²) in [4.78, 5) is 0. The largest absolute Gasteiger partial charge is 0.409 e. The molecule has 7 heteroatoms. The first-order chi connectivity index (χ1) is 10.2. The first-order valence-electron chi connectivity index (χ1n) is 6.72. The Labute approximate surface area is 129 Å². The van der Waals surface area contributed by atoms with Gasteiger partial charge in [0.2, 0.25) is 0 Å². The lowest BCUT2D eigenvalue weighted by molar-refractivity contribution is 0.0695. The second kappa shape index (κ2) is 10.4. The second-order valence-corrected chi connectivity index (χ2v) is 4.83. The van der Waals surface area contributed by atoms with Crippen LogP contribution < -0.4 is 11.1 Å². The van der Waals surface area contributed by atoms with Gasteiger partial charge < -0.3 is 25.7 Å². The average Bonchev–Trinajstić information content (AvgIpc) is 2.50. The maximum atomic E-state index is 8.61. The van der Waals surface area contributed by atoms with E-state index in [1.807, 2.05) is 6.07 Å². The molecule has 1 aromatic rings. The Bertz CT molecular complexity index is 455. The molecule has 0 spiro atoms. The summed E-state index contributed by atoms with van der Waals surface area (Å²) in [6.07, 6.45) is 0.920. The zero-order chi connectivity index (χ0) is 15.5. The fourth-order valence-corrected chi connectivity index (χ4v) is 1.92. The molecular formula is C14H22ClN3O3. The monoisotopic (exact) mass is 315 g/mol. The van der Waals surface area contributed by atoms with Crippen molar-refractivity contribution in [1.82, 2.24) is 5.32 Å². The average molecular weight is 316 g/mol. The molecule has 0 fully saturated rings. The standard InChI is InChI=1S/C14H22ClN3O3/c1-20-7-8-21-6-2-5-17-10-12-4-3-11(9-13(12)15)14(16)18-19/h3-4,9,17,19H,2,5-8,10H2,1H3,(H2,16,18). The molecule has 0 radical (unpaired) electrons. The van der Waals surface area contributed by atoms with Crippen LogP contribution in [0.2, 0.25) is 5.02 Å². The van der Waals surface area contributed by atoms with E-state index < -0.39 is 0 Å². The molecule has 0 amide bonds. The molecule has 0 unspecified atom stereocenters. The van der Waals surface area contributed by atoms with Gasteiger partial charge in [0, 0.05) is 30.8 Å². The summed E-state index contributed by atoms with van der Waals surface area (Å²) in [5.74, 6) is 0.0459. The van der Waals surface area contributed by atoms with E-state index in [4.69, 9.17) is 32.0 Å². The highest BCUT2D eigenvalue weighted by molar-refractivity contribution is 6.31. The molecule has 0 aliphatic carbocycles. The molecule has 118 valence electrons. The van der Waals surface area contributed by atoms with Crippen molar-refractivity contribution in [2.45, 2.75) is 13.0 Å². The van der Waals surface area contributed by atoms with E-state index in [2.05, 4.69) is 10.5 Å². The quantitative estimate of drug-likeness (QED) is 0.200. The van der Waals surface area contributed by atoms with Gasteiger partial charge >= 0.3 is 0 Å². The first kappa shape index (κ1) is 17.7. The molecule has 1 aromatic carbocycles. The van der Waals surface area contributed by atoms with E-state index in [0.717, 1.165) is 18.5 Å². The number of methoxy groups -OCH3 is 1. The lowest BCUT2D eigenvalue weighted by atomic mass is 10.1. The van der Waals surface area contributed by atoms with Crippen LogP contribution in [0.3, 0.4) is 0 Å². The predicted octanol–water partition coefficient (Wildman–Crippen LogP) is 1.58. The van der Waals surface area contributed by atoms with Crippen LogP contribution in [-0.4, -0.2) is 44.5 Å². The third kappa shape index (κ3) is 6.77. The van der Waals surface area contributed by atoms with Crippen molar-refractivity contribution >= 4 is 17.4 Å². The third-order valence-corrected chi connectivity index (χ3v) is 3.20. The van der Waals surface area contributed by atoms with Gasteiger partial charge in [-0.25, -0.2) is 0 Å². The summed E-state index contributed by atoms with van der Waals surface area (Å²) in [5.41, 5.74) is 7.07. The molecule has 0 saturated heterocycles. The van der Waals surface area contributed by atoms with Gasteiger partial charge in [0.1, 0.15) is 0 Å². The molecule has 1 rings (SSSR count). The van der Waals surface area contributed by atoms with E-state index in [1.165, 1.54) is 0 Å². The molecular weight excluding hydrogens is 294 g/mol. The number of hydrogen-bond acceptors (Lipinski definition) is 5. The van der Waals surface area contributed by atoms with Gasteiger partial charge in [-0.1, -0.05) is 28.9 Å². The maximum absolute atomic E-state index is 8.61. The first-order valence-corrected chi connectivity index (χ1v) is 7.10. The summed E-state index contributed by atoms with van der Waals surface area (Å²) >= 11 is 6.16. The molecule has 4 N–H and O–H groups in total. The molecule has 21 heavy (non-hydrogen) atoms. The molecule has 0 heterocycles. The van der Waals surface area contributed by atoms with Crippen LogP contribution >= 0.6 is 11.6 Å². The minimum absolute atomic E-state index is 0.0459. The number of halogens is 1. The molecule has 0 aromatic heterocycles. The highest BCUT2D eigenvalue weighted by Crippen LogP contribution is 2.17. The van der Waals surface area contributed by atoms with Crippen molar-refractivity contribution in [3.8, 4) is 0 Å². The maximum Gasteiger partial charge on any atom is 0.170 e. The summed E-state index contributed by atoms with van der Waals surface area (Å²) in [5, 5.41) is 15.4. The van der Waals surface area contributed by atoms with Crippen LogP contribution in [0.1, 0.15) is 17.5 Å². The molecule has 0 saturated carbocycles. The lowest BCUT2D eigenvalue weighted by Gasteiger charge is -2.08. The topological polar surface area (TPSA) is 89.1 Å². The van der Waals surface area contributed by atoms with Crippen LogP contribution in [-0.2, 0) is 16.0 Å². The molecule has 0 aliphatic rings. The Hall–Kier alpha value is -1.34. The van der Waals surface area contributed by atoms with Crippen molar-refractivity contribution < 1.29 is 14.7 Å². The predicted molar refractivity (Wildman–Crippen MR) is 83.0 cm³/mol. The Morgan fingerprint density at radius 3 is 2.86 bits per heavy atom. The minimum Gasteiger partial charge on any atom is -0.409 e. The molecule has 6 nitrogen and oxygen atoms in total. The third-order valence-electron chi connectivity index (χ3n) is 2.85. The smallest absolute Gasteiger partial charge is 0.170 e. The zero-order valence-electron chi connectivity index (χ0n) is 12.1. The number of amidine groups is 1. The Morgan fingerprint density at radius 1 is 1.38 bits per heavy atom. The van der Waals surface area contributed by atoms with Crippen LogP contribution in [0.4, 0.5) is 0 Å². The van der Waals surface area contributed by atoms with Crippen LogP contribution in [0.5, 0.6) is 0 Å². The fraction of sp³-hybridized carbons (Fsp3) is 0.500. The Balaban J connectivity index is 2.26. The van der Waals surface area contributed by atoms with E-state index in [-0.39, 0.29) is 5.84 Å². The highest BCUT2D eigenvalue weighted by Gasteiger charge is 2.04. The van der Waals surface area contributed by atoms with E-state index in [0.29, 0.717) is 37.0 Å². The summed E-state index contributed by atoms with van der Waals surface area (Å²) in [6, 6.07) is 5.31. The normalized spacial score (nSPS) is 11.8. The number of nitrogens with zero attached hydrogens (tertiary/aromatic N) is 1. The van der Waals surface area contributed by atoms with Crippen molar-refractivity contribution in [1.29, 1.82) is 0 Å². The van der Waals surface area contributed by atoms with Gasteiger partial charge in [-0.2, -0.15) is 0 Å². The van der Waals surface area contributed by atoms with E-state index in [9.17, 15) is 0 Å². The Morgan fingerprint density at radius 2 is 2.19 bits per heavy atom. The van der Waals surface area contributed by atoms with Crippen molar-refractivity contribution in [3.63, 3.8) is 0 Å². The number of nitrogens with one attached hydrogen (secondary N) is 1. The number of nitrogens with two attached hydrogens (primary N) is 1. The minimum atomic E-state index is 0.0459. The van der Waals surface area contributed by atoms with Crippen molar-refractivity contribution in [3.05, 3.63) is 34.3 Å². The SMILES string of the molecule is COCCOCCCNCc1ccc(/C(N)=N/O)cc1Cl. The van der Waals surface area contributed by atoms with Crippen LogP contribution in [0, 0.1) is 0 Å². The van der Waals surface area contributed by atoms with Crippen molar-refractivity contribution in [2.24, 2.45) is 10.9 Å². The number of ether oxygens (including phenoxy) is 2. The second-order valence-electron chi connectivity index (χ2n) is 4.43. The van der Waals surface area contributed by atoms with Crippen molar-refractivity contribution in [2.75, 3.05) is 33.5 Å². The zero-order valence-corrected chi connectivity index (χ0v) is 12.9. The number of rotatable bonds is 10. The Kier molecular flexibility index (Phi) is 8.77. The number of hydrogen-bond donors (Lipinski definition) is 3. The van der Waals surface area contributed by atoms with Crippen LogP contribution in [0.15, 0.2) is 23.4 Å². The van der Waals surface area contributed by atoms with E-state index >= 15 is 0 Å². The summed E-state index contributed by atoms with van der Waals surface area (Å²) in [6.45, 7) is 3.44. The molecule has 0 aliphatic heterocycles. The van der Waals surface area contributed by atoms with Gasteiger partial charge in [-0.05, 0) is 24.6 Å². The van der Waals surface area contributed by atoms with Gasteiger partial charge in [-0.15, -0.1) is 0 Å². The van der Waals surface area contributed by atoms with Gasteiger partial charge in [0.05, 0.1) is 13.2 Å². The van der Waals surface area contributed by atoms with E-state index in [1.54, 1.807) is 19.2 Å². The molecule has 0 bridgehead atoms. The summed E-state index contributed by atoms with van der Waals surface area (Å²) < 4.78 is 10.2. The lowest BCUT2D eigenvalue weighted by Crippen LogP contribution is -2.18. The summed E-state index contributed by atoms with van der Waals surface area (Å²) in [7, 11) is 1.65. The van der Waals surface area contributed by atoms with Gasteiger partial charge in [0.15, 0.2) is 5.84 Å². The van der Waals surface area contributed by atoms with Gasteiger partial charge in [-0.3, -0.25) is 0 Å². The van der Waals surface area contributed by atoms with Gasteiger partial charge in [0.25, 0.3) is 0 Å². The molecule has 0 atom stereocenters.